The Hall–Kier alpha value is -2.08. The zero-order valence-electron chi connectivity index (χ0n) is 11.9. The Labute approximate surface area is 125 Å². The number of hydrogen-bond donors (Lipinski definition) is 2. The molecule has 0 saturated heterocycles. The monoisotopic (exact) mass is 312 g/mol. The lowest BCUT2D eigenvalue weighted by atomic mass is 9.96. The van der Waals surface area contributed by atoms with Crippen molar-refractivity contribution in [1.82, 2.24) is 0 Å². The normalized spacial score (nSPS) is 13.2. The summed E-state index contributed by atoms with van der Waals surface area (Å²) in [6.07, 6.45) is -4.46. The van der Waals surface area contributed by atoms with Gasteiger partial charge in [-0.15, -0.1) is 0 Å². The second-order valence-corrected chi connectivity index (χ2v) is 5.19. The number of benzene rings is 2. The van der Waals surface area contributed by atoms with E-state index in [2.05, 4.69) is 0 Å². The van der Waals surface area contributed by atoms with Gasteiger partial charge < -0.3 is 11.5 Å². The predicted molar refractivity (Wildman–Crippen MR) is 77.6 cm³/mol. The van der Waals surface area contributed by atoms with Crippen molar-refractivity contribution >= 4 is 5.69 Å². The van der Waals surface area contributed by atoms with Crippen molar-refractivity contribution in [3.63, 3.8) is 0 Å². The number of nitrogen functional groups attached to an aromatic ring is 1. The van der Waals surface area contributed by atoms with Crippen molar-refractivity contribution in [3.05, 3.63) is 64.5 Å². The molecule has 0 aliphatic rings. The van der Waals surface area contributed by atoms with Gasteiger partial charge in [0.05, 0.1) is 5.56 Å². The quantitative estimate of drug-likeness (QED) is 0.665. The summed E-state index contributed by atoms with van der Waals surface area (Å²) in [4.78, 5) is 0. The Morgan fingerprint density at radius 1 is 1.05 bits per heavy atom. The second kappa shape index (κ2) is 5.96. The van der Waals surface area contributed by atoms with E-state index in [9.17, 15) is 17.6 Å². The SMILES string of the molecule is Cc1c(C(F)(F)F)ccc(CC(N)c2ccc(N)cc2)c1F. The van der Waals surface area contributed by atoms with E-state index in [1.807, 2.05) is 0 Å². The third-order valence-corrected chi connectivity index (χ3v) is 3.58. The molecule has 2 aromatic rings. The highest BCUT2D eigenvalue weighted by Crippen LogP contribution is 2.34. The standard InChI is InChI=1S/C16H16F4N2/c1-9-13(16(18,19)20)7-4-11(15(9)17)8-14(22)10-2-5-12(21)6-3-10/h2-7,14H,8,21-22H2,1H3. The lowest BCUT2D eigenvalue weighted by Crippen LogP contribution is -2.16. The van der Waals surface area contributed by atoms with Crippen LogP contribution in [0.1, 0.15) is 28.3 Å². The minimum Gasteiger partial charge on any atom is -0.399 e. The molecule has 0 spiro atoms. The molecule has 1 atom stereocenters. The van der Waals surface area contributed by atoms with Crippen molar-refractivity contribution in [3.8, 4) is 0 Å². The zero-order chi connectivity index (χ0) is 16.5. The molecule has 0 fully saturated rings. The smallest absolute Gasteiger partial charge is 0.399 e. The van der Waals surface area contributed by atoms with Gasteiger partial charge >= 0.3 is 6.18 Å². The Balaban J connectivity index is 2.27. The molecule has 2 aromatic carbocycles. The first-order valence-corrected chi connectivity index (χ1v) is 6.66. The van der Waals surface area contributed by atoms with Crippen molar-refractivity contribution in [2.45, 2.75) is 25.6 Å². The Bertz CT molecular complexity index is 663. The molecule has 22 heavy (non-hydrogen) atoms. The Morgan fingerprint density at radius 3 is 2.18 bits per heavy atom. The van der Waals surface area contributed by atoms with E-state index in [0.717, 1.165) is 24.6 Å². The van der Waals surface area contributed by atoms with Crippen molar-refractivity contribution in [1.29, 1.82) is 0 Å². The van der Waals surface area contributed by atoms with Gasteiger partial charge in [-0.1, -0.05) is 18.2 Å². The van der Waals surface area contributed by atoms with Crippen LogP contribution in [0.5, 0.6) is 0 Å². The van der Waals surface area contributed by atoms with E-state index in [1.165, 1.54) is 0 Å². The lowest BCUT2D eigenvalue weighted by Gasteiger charge is -2.16. The maximum Gasteiger partial charge on any atom is 0.416 e. The summed E-state index contributed by atoms with van der Waals surface area (Å²) in [6.45, 7) is 1.12. The summed E-state index contributed by atoms with van der Waals surface area (Å²) >= 11 is 0. The highest BCUT2D eigenvalue weighted by Gasteiger charge is 2.33. The topological polar surface area (TPSA) is 52.0 Å². The molecule has 0 aliphatic heterocycles. The summed E-state index contributed by atoms with van der Waals surface area (Å²) in [5, 5.41) is 0. The van der Waals surface area contributed by atoms with Crippen LogP contribution in [0.2, 0.25) is 0 Å². The van der Waals surface area contributed by atoms with Crippen LogP contribution >= 0.6 is 0 Å². The van der Waals surface area contributed by atoms with Gasteiger partial charge in [0.2, 0.25) is 0 Å². The summed E-state index contributed by atoms with van der Waals surface area (Å²) in [6, 6.07) is 8.29. The van der Waals surface area contributed by atoms with Gasteiger partial charge in [-0.25, -0.2) is 4.39 Å². The van der Waals surface area contributed by atoms with Gasteiger partial charge in [-0.05, 0) is 48.2 Å². The molecule has 0 aromatic heterocycles. The summed E-state index contributed by atoms with van der Waals surface area (Å²) in [7, 11) is 0. The van der Waals surface area contributed by atoms with Gasteiger partial charge in [0.1, 0.15) is 5.82 Å². The molecule has 0 heterocycles. The van der Waals surface area contributed by atoms with E-state index in [0.29, 0.717) is 5.69 Å². The number of halogens is 4. The number of hydrogen-bond acceptors (Lipinski definition) is 2. The largest absolute Gasteiger partial charge is 0.416 e. The molecule has 0 radical (unpaired) electrons. The number of rotatable bonds is 3. The van der Waals surface area contributed by atoms with E-state index >= 15 is 0 Å². The predicted octanol–water partition coefficient (Wildman–Crippen LogP) is 3.98. The van der Waals surface area contributed by atoms with Gasteiger partial charge in [0.25, 0.3) is 0 Å². The van der Waals surface area contributed by atoms with Gasteiger partial charge in [0, 0.05) is 11.7 Å². The number of alkyl halides is 3. The molecule has 0 amide bonds. The second-order valence-electron chi connectivity index (χ2n) is 5.19. The lowest BCUT2D eigenvalue weighted by molar-refractivity contribution is -0.138. The molecular weight excluding hydrogens is 296 g/mol. The van der Waals surface area contributed by atoms with E-state index in [4.69, 9.17) is 11.5 Å². The summed E-state index contributed by atoms with van der Waals surface area (Å²) in [5.74, 6) is -0.860. The highest BCUT2D eigenvalue weighted by atomic mass is 19.4. The molecule has 1 unspecified atom stereocenters. The number of nitrogens with two attached hydrogens (primary N) is 2. The van der Waals surface area contributed by atoms with Crippen molar-refractivity contribution in [2.75, 3.05) is 5.73 Å². The maximum atomic E-state index is 14.2. The van der Waals surface area contributed by atoms with Gasteiger partial charge in [0.15, 0.2) is 0 Å². The van der Waals surface area contributed by atoms with Crippen LogP contribution < -0.4 is 11.5 Å². The van der Waals surface area contributed by atoms with Crippen molar-refractivity contribution in [2.24, 2.45) is 5.73 Å². The number of anilines is 1. The van der Waals surface area contributed by atoms with Crippen LogP contribution in [0.4, 0.5) is 23.2 Å². The Morgan fingerprint density at radius 2 is 1.64 bits per heavy atom. The summed E-state index contributed by atoms with van der Waals surface area (Å²) < 4.78 is 52.3. The molecule has 118 valence electrons. The molecule has 0 saturated carbocycles. The fourth-order valence-corrected chi connectivity index (χ4v) is 2.30. The van der Waals surface area contributed by atoms with Crippen LogP contribution in [0.15, 0.2) is 36.4 Å². The van der Waals surface area contributed by atoms with E-state index in [1.54, 1.807) is 24.3 Å². The van der Waals surface area contributed by atoms with Crippen LogP contribution in [0.25, 0.3) is 0 Å². The highest BCUT2D eigenvalue weighted by molar-refractivity contribution is 5.41. The third-order valence-electron chi connectivity index (χ3n) is 3.58. The average Bonchev–Trinajstić information content (AvgIpc) is 2.43. The molecule has 6 heteroatoms. The molecule has 2 rings (SSSR count). The minimum atomic E-state index is -4.57. The van der Waals surface area contributed by atoms with Gasteiger partial charge in [-0.3, -0.25) is 0 Å². The summed E-state index contributed by atoms with van der Waals surface area (Å²) in [5.41, 5.74) is 11.7. The first-order chi connectivity index (χ1) is 10.2. The molecule has 0 aliphatic carbocycles. The van der Waals surface area contributed by atoms with Crippen molar-refractivity contribution < 1.29 is 17.6 Å². The maximum absolute atomic E-state index is 14.2. The Kier molecular flexibility index (Phi) is 4.42. The van der Waals surface area contributed by atoms with Crippen LogP contribution in [0.3, 0.4) is 0 Å². The first-order valence-electron chi connectivity index (χ1n) is 6.66. The fourth-order valence-electron chi connectivity index (χ4n) is 2.30. The first kappa shape index (κ1) is 16.3. The van der Waals surface area contributed by atoms with E-state index in [-0.39, 0.29) is 12.0 Å². The van der Waals surface area contributed by atoms with E-state index < -0.39 is 29.2 Å². The van der Waals surface area contributed by atoms with Crippen LogP contribution in [-0.2, 0) is 12.6 Å². The zero-order valence-corrected chi connectivity index (χ0v) is 11.9. The van der Waals surface area contributed by atoms with Gasteiger partial charge in [-0.2, -0.15) is 13.2 Å². The van der Waals surface area contributed by atoms with Crippen LogP contribution in [0, 0.1) is 12.7 Å². The fraction of sp³-hybridized carbons (Fsp3) is 0.250. The minimum absolute atomic E-state index is 0.106. The third kappa shape index (κ3) is 3.39. The molecular formula is C16H16F4N2. The molecule has 2 nitrogen and oxygen atoms in total. The average molecular weight is 312 g/mol. The van der Waals surface area contributed by atoms with Crippen LogP contribution in [-0.4, -0.2) is 0 Å². The molecule has 4 N–H and O–H groups in total. The molecule has 0 bridgehead atoms.